The smallest absolute Gasteiger partial charge is 0.318 e. The molecule has 0 spiro atoms. The molecular weight excluding hydrogens is 364 g/mol. The van der Waals surface area contributed by atoms with Crippen LogP contribution in [0, 0.1) is 0 Å². The van der Waals surface area contributed by atoms with E-state index in [1.165, 1.54) is 0 Å². The fraction of sp³-hybridized carbons (Fsp3) is 0.118. The highest BCUT2D eigenvalue weighted by Crippen LogP contribution is 2.12. The van der Waals surface area contributed by atoms with Crippen LogP contribution in [0.15, 0.2) is 59.2 Å². The van der Waals surface area contributed by atoms with Gasteiger partial charge in [-0.05, 0) is 47.9 Å². The predicted octanol–water partition coefficient (Wildman–Crippen LogP) is 4.62. The first-order valence-corrected chi connectivity index (χ1v) is 8.01. The second-order valence-corrected chi connectivity index (χ2v) is 6.02. The lowest BCUT2D eigenvalue weighted by Gasteiger charge is -2.05. The van der Waals surface area contributed by atoms with Crippen molar-refractivity contribution in [1.82, 2.24) is 10.6 Å². The Hall–Kier alpha value is -1.78. The van der Waals surface area contributed by atoms with Gasteiger partial charge in [-0.15, -0.1) is 0 Å². The number of carbonyl (C=O) groups is 1. The standard InChI is InChI=1S/C17H16BrClN2O/c18-15-3-1-2-14(12-15)9-11-21-17(22)20-10-8-13-4-6-16(19)7-5-13/h1-7,9,11-12H,8,10H2,(H2,20,21,22)/b11-9+. The molecule has 0 unspecified atom stereocenters. The Kier molecular flexibility index (Phi) is 6.49. The number of benzene rings is 2. The van der Waals surface area contributed by atoms with Gasteiger partial charge in [-0.25, -0.2) is 4.79 Å². The molecule has 0 radical (unpaired) electrons. The van der Waals surface area contributed by atoms with Gasteiger partial charge in [0.2, 0.25) is 0 Å². The van der Waals surface area contributed by atoms with E-state index < -0.39 is 0 Å². The average molecular weight is 380 g/mol. The number of hydrogen-bond acceptors (Lipinski definition) is 1. The summed E-state index contributed by atoms with van der Waals surface area (Å²) in [5.41, 5.74) is 2.14. The SMILES string of the molecule is O=C(N/C=C/c1cccc(Br)c1)NCCc1ccc(Cl)cc1. The molecule has 0 aliphatic heterocycles. The molecule has 0 saturated carbocycles. The average Bonchev–Trinajstić information content (AvgIpc) is 2.49. The Balaban J connectivity index is 1.70. The summed E-state index contributed by atoms with van der Waals surface area (Å²) in [6.07, 6.45) is 4.23. The van der Waals surface area contributed by atoms with Gasteiger partial charge >= 0.3 is 6.03 Å². The van der Waals surface area contributed by atoms with Crippen LogP contribution >= 0.6 is 27.5 Å². The van der Waals surface area contributed by atoms with Crippen molar-refractivity contribution in [2.45, 2.75) is 6.42 Å². The molecule has 22 heavy (non-hydrogen) atoms. The number of nitrogens with one attached hydrogen (secondary N) is 2. The molecule has 0 aliphatic rings. The van der Waals surface area contributed by atoms with Crippen LogP contribution in [0.25, 0.3) is 6.08 Å². The van der Waals surface area contributed by atoms with Gasteiger partial charge in [-0.2, -0.15) is 0 Å². The summed E-state index contributed by atoms with van der Waals surface area (Å²) < 4.78 is 1.00. The molecule has 3 nitrogen and oxygen atoms in total. The highest BCUT2D eigenvalue weighted by atomic mass is 79.9. The van der Waals surface area contributed by atoms with E-state index in [0.29, 0.717) is 11.6 Å². The first kappa shape index (κ1) is 16.6. The van der Waals surface area contributed by atoms with E-state index in [1.54, 1.807) is 6.20 Å². The maximum atomic E-state index is 11.6. The monoisotopic (exact) mass is 378 g/mol. The van der Waals surface area contributed by atoms with Crippen LogP contribution in [0.3, 0.4) is 0 Å². The fourth-order valence-electron chi connectivity index (χ4n) is 1.85. The van der Waals surface area contributed by atoms with Crippen molar-refractivity contribution >= 4 is 39.6 Å². The lowest BCUT2D eigenvalue weighted by Crippen LogP contribution is -2.33. The normalized spacial score (nSPS) is 10.6. The largest absolute Gasteiger partial charge is 0.338 e. The third kappa shape index (κ3) is 5.92. The number of hydrogen-bond donors (Lipinski definition) is 2. The lowest BCUT2D eigenvalue weighted by molar-refractivity contribution is 0.244. The summed E-state index contributed by atoms with van der Waals surface area (Å²) in [6.45, 7) is 0.568. The van der Waals surface area contributed by atoms with E-state index in [1.807, 2.05) is 54.6 Å². The van der Waals surface area contributed by atoms with E-state index in [-0.39, 0.29) is 6.03 Å². The van der Waals surface area contributed by atoms with Crippen LogP contribution in [0.5, 0.6) is 0 Å². The van der Waals surface area contributed by atoms with Gasteiger partial charge in [0.25, 0.3) is 0 Å². The highest BCUT2D eigenvalue weighted by Gasteiger charge is 1.98. The Morgan fingerprint density at radius 2 is 1.95 bits per heavy atom. The summed E-state index contributed by atoms with van der Waals surface area (Å²) in [4.78, 5) is 11.6. The molecule has 2 amide bonds. The van der Waals surface area contributed by atoms with Crippen LogP contribution in [0.4, 0.5) is 4.79 Å². The molecule has 0 bridgehead atoms. The van der Waals surface area contributed by atoms with Gasteiger partial charge in [0.15, 0.2) is 0 Å². The minimum absolute atomic E-state index is 0.222. The predicted molar refractivity (Wildman–Crippen MR) is 94.9 cm³/mol. The number of carbonyl (C=O) groups excluding carboxylic acids is 1. The summed E-state index contributed by atoms with van der Waals surface area (Å²) in [5, 5.41) is 6.19. The first-order valence-electron chi connectivity index (χ1n) is 6.84. The summed E-state index contributed by atoms with van der Waals surface area (Å²) >= 11 is 9.23. The molecule has 5 heteroatoms. The Morgan fingerprint density at radius 3 is 2.68 bits per heavy atom. The van der Waals surface area contributed by atoms with Crippen molar-refractivity contribution in [2.75, 3.05) is 6.54 Å². The zero-order valence-electron chi connectivity index (χ0n) is 11.9. The summed E-state index contributed by atoms with van der Waals surface area (Å²) in [6, 6.07) is 15.2. The Bertz CT molecular complexity index is 656. The third-order valence-corrected chi connectivity index (χ3v) is 3.70. The molecule has 2 N–H and O–H groups in total. The van der Waals surface area contributed by atoms with E-state index >= 15 is 0 Å². The molecule has 2 aromatic carbocycles. The zero-order valence-corrected chi connectivity index (χ0v) is 14.2. The van der Waals surface area contributed by atoms with Gasteiger partial charge in [0.05, 0.1) is 0 Å². The van der Waals surface area contributed by atoms with E-state index in [2.05, 4.69) is 26.6 Å². The maximum Gasteiger partial charge on any atom is 0.318 e. The van der Waals surface area contributed by atoms with E-state index in [9.17, 15) is 4.79 Å². The van der Waals surface area contributed by atoms with Crippen LogP contribution < -0.4 is 10.6 Å². The van der Waals surface area contributed by atoms with Crippen molar-refractivity contribution < 1.29 is 4.79 Å². The maximum absolute atomic E-state index is 11.6. The van der Waals surface area contributed by atoms with Crippen LogP contribution in [-0.2, 0) is 6.42 Å². The second kappa shape index (κ2) is 8.61. The van der Waals surface area contributed by atoms with E-state index in [0.717, 1.165) is 22.0 Å². The molecule has 0 aliphatic carbocycles. The molecule has 114 valence electrons. The minimum Gasteiger partial charge on any atom is -0.338 e. The van der Waals surface area contributed by atoms with Gasteiger partial charge in [-0.3, -0.25) is 0 Å². The minimum atomic E-state index is -0.222. The number of urea groups is 1. The molecule has 0 atom stereocenters. The van der Waals surface area contributed by atoms with Gasteiger partial charge in [0.1, 0.15) is 0 Å². The molecular formula is C17H16BrClN2O. The van der Waals surface area contributed by atoms with Crippen molar-refractivity contribution in [1.29, 1.82) is 0 Å². The van der Waals surface area contributed by atoms with Gasteiger partial charge in [0, 0.05) is 22.2 Å². The number of rotatable bonds is 5. The van der Waals surface area contributed by atoms with Crippen LogP contribution in [-0.4, -0.2) is 12.6 Å². The van der Waals surface area contributed by atoms with Crippen LogP contribution in [0.2, 0.25) is 5.02 Å². The second-order valence-electron chi connectivity index (χ2n) is 4.67. The third-order valence-electron chi connectivity index (χ3n) is 2.95. The summed E-state index contributed by atoms with van der Waals surface area (Å²) in [5.74, 6) is 0. The molecule has 2 aromatic rings. The molecule has 0 heterocycles. The van der Waals surface area contributed by atoms with Crippen LogP contribution in [0.1, 0.15) is 11.1 Å². The fourth-order valence-corrected chi connectivity index (χ4v) is 2.39. The zero-order chi connectivity index (χ0) is 15.8. The Morgan fingerprint density at radius 1 is 1.18 bits per heavy atom. The number of amides is 2. The lowest BCUT2D eigenvalue weighted by atomic mass is 10.1. The van der Waals surface area contributed by atoms with Crippen molar-refractivity contribution in [2.24, 2.45) is 0 Å². The van der Waals surface area contributed by atoms with Gasteiger partial charge < -0.3 is 10.6 Å². The number of halogens is 2. The van der Waals surface area contributed by atoms with E-state index in [4.69, 9.17) is 11.6 Å². The quantitative estimate of drug-likeness (QED) is 0.782. The van der Waals surface area contributed by atoms with Crippen molar-refractivity contribution in [3.05, 3.63) is 75.4 Å². The molecule has 2 rings (SSSR count). The molecule has 0 saturated heterocycles. The topological polar surface area (TPSA) is 41.1 Å². The van der Waals surface area contributed by atoms with Crippen molar-refractivity contribution in [3.8, 4) is 0 Å². The van der Waals surface area contributed by atoms with Gasteiger partial charge in [-0.1, -0.05) is 51.8 Å². The molecule has 0 aromatic heterocycles. The molecule has 0 fully saturated rings. The van der Waals surface area contributed by atoms with Crippen molar-refractivity contribution in [3.63, 3.8) is 0 Å². The summed E-state index contributed by atoms with van der Waals surface area (Å²) in [7, 11) is 0. The first-order chi connectivity index (χ1) is 10.6. The highest BCUT2D eigenvalue weighted by molar-refractivity contribution is 9.10. The Labute approximate surface area is 143 Å².